The quantitative estimate of drug-likeness (QED) is 0.914. The Labute approximate surface area is 126 Å². The molecule has 1 atom stereocenters. The molecular formula is C16H22ClN3. The van der Waals surface area contributed by atoms with Crippen LogP contribution in [0.4, 0.5) is 0 Å². The fraction of sp³-hybridized carbons (Fsp3) is 0.438. The lowest BCUT2D eigenvalue weighted by Gasteiger charge is -2.19. The van der Waals surface area contributed by atoms with Crippen molar-refractivity contribution in [1.82, 2.24) is 15.1 Å². The van der Waals surface area contributed by atoms with Crippen molar-refractivity contribution in [1.29, 1.82) is 0 Å². The fourth-order valence-electron chi connectivity index (χ4n) is 2.51. The number of aromatic nitrogens is 2. The predicted molar refractivity (Wildman–Crippen MR) is 84.3 cm³/mol. The third kappa shape index (κ3) is 3.05. The third-order valence-electron chi connectivity index (χ3n) is 3.84. The summed E-state index contributed by atoms with van der Waals surface area (Å²) in [6, 6.07) is 8.51. The molecule has 0 fully saturated rings. The molecule has 2 aromatic rings. The van der Waals surface area contributed by atoms with Gasteiger partial charge in [0.15, 0.2) is 0 Å². The molecule has 0 aliphatic heterocycles. The van der Waals surface area contributed by atoms with Crippen LogP contribution in [0.25, 0.3) is 0 Å². The first kappa shape index (κ1) is 15.1. The van der Waals surface area contributed by atoms with Crippen LogP contribution in [0.1, 0.15) is 35.5 Å². The molecule has 0 saturated heterocycles. The molecule has 2 rings (SSSR count). The van der Waals surface area contributed by atoms with Crippen LogP contribution < -0.4 is 5.32 Å². The Balaban J connectivity index is 2.28. The van der Waals surface area contributed by atoms with Crippen LogP contribution in [0, 0.1) is 6.92 Å². The van der Waals surface area contributed by atoms with Gasteiger partial charge in [-0.3, -0.25) is 4.68 Å². The van der Waals surface area contributed by atoms with Crippen molar-refractivity contribution in [3.8, 4) is 0 Å². The van der Waals surface area contributed by atoms with Gasteiger partial charge in [-0.25, -0.2) is 0 Å². The Morgan fingerprint density at radius 2 is 2.15 bits per heavy atom. The number of nitrogens with one attached hydrogen (secondary N) is 1. The number of aryl methyl sites for hydroxylation is 2. The number of halogens is 1. The molecule has 20 heavy (non-hydrogen) atoms. The SMILES string of the molecule is CCc1cc(CC(NC)c2cccc(Cl)c2C)n(C)n1. The Kier molecular flexibility index (Phi) is 4.84. The zero-order chi connectivity index (χ0) is 14.7. The monoisotopic (exact) mass is 291 g/mol. The summed E-state index contributed by atoms with van der Waals surface area (Å²) in [6.45, 7) is 4.20. The summed E-state index contributed by atoms with van der Waals surface area (Å²) in [7, 11) is 3.99. The highest BCUT2D eigenvalue weighted by Crippen LogP contribution is 2.26. The molecule has 0 bridgehead atoms. The van der Waals surface area contributed by atoms with E-state index in [4.69, 9.17) is 11.6 Å². The average molecular weight is 292 g/mol. The van der Waals surface area contributed by atoms with E-state index in [0.717, 1.165) is 29.1 Å². The molecular weight excluding hydrogens is 270 g/mol. The molecule has 1 N–H and O–H groups in total. The predicted octanol–water partition coefficient (Wildman–Crippen LogP) is 3.45. The minimum absolute atomic E-state index is 0.244. The highest BCUT2D eigenvalue weighted by molar-refractivity contribution is 6.31. The lowest BCUT2D eigenvalue weighted by atomic mass is 9.97. The molecule has 0 aliphatic carbocycles. The molecule has 108 valence electrons. The summed E-state index contributed by atoms with van der Waals surface area (Å²) in [5.41, 5.74) is 4.77. The third-order valence-corrected chi connectivity index (χ3v) is 4.25. The van der Waals surface area contributed by atoms with Crippen molar-refractivity contribution in [2.24, 2.45) is 7.05 Å². The number of benzene rings is 1. The maximum Gasteiger partial charge on any atom is 0.0624 e. The van der Waals surface area contributed by atoms with Crippen molar-refractivity contribution >= 4 is 11.6 Å². The topological polar surface area (TPSA) is 29.9 Å². The van der Waals surface area contributed by atoms with Crippen LogP contribution in [0.3, 0.4) is 0 Å². The molecule has 1 aromatic carbocycles. The molecule has 0 amide bonds. The van der Waals surface area contributed by atoms with Crippen LogP contribution in [0.15, 0.2) is 24.3 Å². The number of hydrogen-bond donors (Lipinski definition) is 1. The van der Waals surface area contributed by atoms with E-state index in [1.807, 2.05) is 30.9 Å². The highest BCUT2D eigenvalue weighted by atomic mass is 35.5. The molecule has 0 aliphatic rings. The van der Waals surface area contributed by atoms with Crippen molar-refractivity contribution in [3.05, 3.63) is 51.8 Å². The molecule has 0 saturated carbocycles. The molecule has 3 nitrogen and oxygen atoms in total. The smallest absolute Gasteiger partial charge is 0.0624 e. The van der Waals surface area contributed by atoms with Crippen molar-refractivity contribution in [2.75, 3.05) is 7.05 Å². The zero-order valence-corrected chi connectivity index (χ0v) is 13.3. The first-order valence-electron chi connectivity index (χ1n) is 7.00. The summed E-state index contributed by atoms with van der Waals surface area (Å²) in [5, 5.41) is 8.72. The van der Waals surface area contributed by atoms with Gasteiger partial charge in [-0.2, -0.15) is 5.10 Å². The summed E-state index contributed by atoms with van der Waals surface area (Å²) in [6.07, 6.45) is 1.87. The number of nitrogens with zero attached hydrogens (tertiary/aromatic N) is 2. The van der Waals surface area contributed by atoms with E-state index >= 15 is 0 Å². The van der Waals surface area contributed by atoms with Crippen molar-refractivity contribution < 1.29 is 0 Å². The maximum absolute atomic E-state index is 6.23. The van der Waals surface area contributed by atoms with Gasteiger partial charge in [-0.1, -0.05) is 30.7 Å². The number of hydrogen-bond acceptors (Lipinski definition) is 2. The van der Waals surface area contributed by atoms with E-state index in [2.05, 4.69) is 36.4 Å². The summed E-state index contributed by atoms with van der Waals surface area (Å²) >= 11 is 6.23. The summed E-state index contributed by atoms with van der Waals surface area (Å²) < 4.78 is 1.98. The van der Waals surface area contributed by atoms with Gasteiger partial charge in [0.25, 0.3) is 0 Å². The van der Waals surface area contributed by atoms with Crippen LogP contribution in [0.5, 0.6) is 0 Å². The number of likely N-dealkylation sites (N-methyl/N-ethyl adjacent to an activating group) is 1. The minimum Gasteiger partial charge on any atom is -0.313 e. The normalized spacial score (nSPS) is 12.7. The first-order valence-corrected chi connectivity index (χ1v) is 7.38. The molecule has 4 heteroatoms. The van der Waals surface area contributed by atoms with Crippen LogP contribution >= 0.6 is 11.6 Å². The van der Waals surface area contributed by atoms with Gasteiger partial charge in [0.1, 0.15) is 0 Å². The van der Waals surface area contributed by atoms with Gasteiger partial charge in [0.2, 0.25) is 0 Å². The first-order chi connectivity index (χ1) is 9.56. The van der Waals surface area contributed by atoms with E-state index in [1.165, 1.54) is 11.3 Å². The van der Waals surface area contributed by atoms with Gasteiger partial charge in [-0.05, 0) is 43.7 Å². The van der Waals surface area contributed by atoms with Gasteiger partial charge in [-0.15, -0.1) is 0 Å². The van der Waals surface area contributed by atoms with Gasteiger partial charge >= 0.3 is 0 Å². The Morgan fingerprint density at radius 3 is 2.75 bits per heavy atom. The lowest BCUT2D eigenvalue weighted by molar-refractivity contribution is 0.559. The molecule has 1 heterocycles. The van der Waals surface area contributed by atoms with E-state index in [-0.39, 0.29) is 6.04 Å². The molecule has 1 unspecified atom stereocenters. The van der Waals surface area contributed by atoms with E-state index in [0.29, 0.717) is 0 Å². The standard InChI is InChI=1S/C16H22ClN3/c1-5-12-9-13(20(4)19-12)10-16(18-3)14-7-6-8-15(17)11(14)2/h6-9,16,18H,5,10H2,1-4H3. The largest absolute Gasteiger partial charge is 0.313 e. The van der Waals surface area contributed by atoms with Gasteiger partial charge in [0, 0.05) is 30.2 Å². The zero-order valence-electron chi connectivity index (χ0n) is 12.6. The van der Waals surface area contributed by atoms with Crippen molar-refractivity contribution in [3.63, 3.8) is 0 Å². The Hall–Kier alpha value is -1.32. The maximum atomic E-state index is 6.23. The summed E-state index contributed by atoms with van der Waals surface area (Å²) in [5.74, 6) is 0. The Morgan fingerprint density at radius 1 is 1.40 bits per heavy atom. The van der Waals surface area contributed by atoms with Crippen LogP contribution in [-0.2, 0) is 19.9 Å². The lowest BCUT2D eigenvalue weighted by Crippen LogP contribution is -2.21. The molecule has 0 spiro atoms. The van der Waals surface area contributed by atoms with Gasteiger partial charge < -0.3 is 5.32 Å². The van der Waals surface area contributed by atoms with E-state index in [1.54, 1.807) is 0 Å². The van der Waals surface area contributed by atoms with E-state index in [9.17, 15) is 0 Å². The minimum atomic E-state index is 0.244. The second kappa shape index (κ2) is 6.42. The van der Waals surface area contributed by atoms with Crippen LogP contribution in [0.2, 0.25) is 5.02 Å². The van der Waals surface area contributed by atoms with E-state index < -0.39 is 0 Å². The second-order valence-electron chi connectivity index (χ2n) is 5.10. The number of rotatable bonds is 5. The van der Waals surface area contributed by atoms with Gasteiger partial charge in [0.05, 0.1) is 5.69 Å². The second-order valence-corrected chi connectivity index (χ2v) is 5.51. The Bertz CT molecular complexity index is 589. The van der Waals surface area contributed by atoms with Crippen LogP contribution in [-0.4, -0.2) is 16.8 Å². The van der Waals surface area contributed by atoms with Crippen molar-refractivity contribution in [2.45, 2.75) is 32.7 Å². The average Bonchev–Trinajstić information content (AvgIpc) is 2.80. The highest BCUT2D eigenvalue weighted by Gasteiger charge is 2.16. The molecule has 0 radical (unpaired) electrons. The summed E-state index contributed by atoms with van der Waals surface area (Å²) in [4.78, 5) is 0. The molecule has 1 aromatic heterocycles. The fourth-order valence-corrected chi connectivity index (χ4v) is 2.70.